The van der Waals surface area contributed by atoms with E-state index in [4.69, 9.17) is 4.74 Å². The van der Waals surface area contributed by atoms with Crippen molar-refractivity contribution in [3.8, 4) is 0 Å². The lowest BCUT2D eigenvalue weighted by Gasteiger charge is -2.13. The van der Waals surface area contributed by atoms with E-state index in [1.165, 1.54) is 11.1 Å². The zero-order valence-corrected chi connectivity index (χ0v) is 12.8. The molecule has 2 aromatic carbocycles. The topological polar surface area (TPSA) is 38.3 Å². The van der Waals surface area contributed by atoms with Crippen LogP contribution in [0, 0.1) is 6.92 Å². The van der Waals surface area contributed by atoms with Crippen molar-refractivity contribution in [3.05, 3.63) is 71.3 Å². The number of nitrogens with one attached hydrogen (secondary N) is 1. The molecule has 22 heavy (non-hydrogen) atoms. The first kappa shape index (κ1) is 14.8. The third kappa shape index (κ3) is 3.37. The molecule has 1 saturated heterocycles. The van der Waals surface area contributed by atoms with Gasteiger partial charge in [0, 0.05) is 6.54 Å². The number of carbonyl (C=O) groups is 1. The van der Waals surface area contributed by atoms with Crippen LogP contribution in [-0.2, 0) is 16.1 Å². The van der Waals surface area contributed by atoms with Crippen molar-refractivity contribution in [1.82, 2.24) is 5.32 Å². The summed E-state index contributed by atoms with van der Waals surface area (Å²) in [5.41, 5.74) is 3.63. The lowest BCUT2D eigenvalue weighted by atomic mass is 9.93. The minimum Gasteiger partial charge on any atom is -0.460 e. The van der Waals surface area contributed by atoms with Gasteiger partial charge in [-0.15, -0.1) is 0 Å². The molecular formula is C19H21NO2. The number of carbonyl (C=O) groups excluding carboxylic acids is 1. The zero-order valence-electron chi connectivity index (χ0n) is 12.8. The highest BCUT2D eigenvalue weighted by Crippen LogP contribution is 2.28. The molecule has 0 spiro atoms. The van der Waals surface area contributed by atoms with Crippen molar-refractivity contribution in [2.24, 2.45) is 0 Å². The fraction of sp³-hybridized carbons (Fsp3) is 0.316. The van der Waals surface area contributed by atoms with Crippen LogP contribution in [0.2, 0.25) is 0 Å². The van der Waals surface area contributed by atoms with Gasteiger partial charge in [0.1, 0.15) is 12.6 Å². The second kappa shape index (κ2) is 6.75. The molecule has 1 heterocycles. The molecule has 1 fully saturated rings. The summed E-state index contributed by atoms with van der Waals surface area (Å²) in [6.07, 6.45) is 0.804. The average Bonchev–Trinajstić information content (AvgIpc) is 3.04. The monoisotopic (exact) mass is 295 g/mol. The molecule has 3 rings (SSSR count). The molecule has 0 aromatic heterocycles. The number of ether oxygens (including phenoxy) is 1. The Balaban J connectivity index is 1.56. The Kier molecular flexibility index (Phi) is 4.54. The number of aryl methyl sites for hydroxylation is 1. The Morgan fingerprint density at radius 3 is 2.64 bits per heavy atom. The standard InChI is InChI=1S/C19H21NO2/c1-14-7-5-6-10-17(14)16-11-18(20-12-16)19(21)22-13-15-8-3-2-4-9-15/h2-10,16,18,20H,11-13H2,1H3. The van der Waals surface area contributed by atoms with Gasteiger partial charge in [-0.2, -0.15) is 0 Å². The van der Waals surface area contributed by atoms with Crippen molar-refractivity contribution in [2.45, 2.75) is 31.9 Å². The summed E-state index contributed by atoms with van der Waals surface area (Å²) in [5.74, 6) is 0.232. The summed E-state index contributed by atoms with van der Waals surface area (Å²) in [7, 11) is 0. The molecule has 3 nitrogen and oxygen atoms in total. The van der Waals surface area contributed by atoms with Crippen LogP contribution in [0.3, 0.4) is 0 Å². The first-order valence-corrected chi connectivity index (χ1v) is 7.73. The minimum atomic E-state index is -0.201. The van der Waals surface area contributed by atoms with Crippen molar-refractivity contribution >= 4 is 5.97 Å². The van der Waals surface area contributed by atoms with Crippen LogP contribution in [-0.4, -0.2) is 18.6 Å². The van der Waals surface area contributed by atoms with Gasteiger partial charge in [0.15, 0.2) is 0 Å². The third-order valence-electron chi connectivity index (χ3n) is 4.27. The van der Waals surface area contributed by atoms with E-state index in [1.54, 1.807) is 0 Å². The van der Waals surface area contributed by atoms with Gasteiger partial charge in [-0.05, 0) is 36.0 Å². The first-order chi connectivity index (χ1) is 10.7. The van der Waals surface area contributed by atoms with E-state index < -0.39 is 0 Å². The summed E-state index contributed by atoms with van der Waals surface area (Å²) in [6.45, 7) is 3.29. The van der Waals surface area contributed by atoms with Crippen molar-refractivity contribution < 1.29 is 9.53 Å². The molecule has 0 radical (unpaired) electrons. The molecule has 0 bridgehead atoms. The molecule has 0 saturated carbocycles. The van der Waals surface area contributed by atoms with Crippen LogP contribution in [0.15, 0.2) is 54.6 Å². The first-order valence-electron chi connectivity index (χ1n) is 7.73. The van der Waals surface area contributed by atoms with Crippen LogP contribution < -0.4 is 5.32 Å². The van der Waals surface area contributed by atoms with Crippen LogP contribution >= 0.6 is 0 Å². The third-order valence-corrected chi connectivity index (χ3v) is 4.27. The Labute approximate surface area is 131 Å². The largest absolute Gasteiger partial charge is 0.460 e. The molecule has 3 heteroatoms. The van der Waals surface area contributed by atoms with E-state index in [9.17, 15) is 4.79 Å². The smallest absolute Gasteiger partial charge is 0.323 e. The predicted octanol–water partition coefficient (Wildman–Crippen LogP) is 3.18. The molecule has 1 N–H and O–H groups in total. The molecular weight excluding hydrogens is 274 g/mol. The highest BCUT2D eigenvalue weighted by Gasteiger charge is 2.31. The average molecular weight is 295 g/mol. The van der Waals surface area contributed by atoms with Gasteiger partial charge >= 0.3 is 5.97 Å². The fourth-order valence-electron chi connectivity index (χ4n) is 3.03. The van der Waals surface area contributed by atoms with E-state index >= 15 is 0 Å². The van der Waals surface area contributed by atoms with Crippen molar-refractivity contribution in [3.63, 3.8) is 0 Å². The van der Waals surface area contributed by atoms with E-state index in [2.05, 4.69) is 30.4 Å². The molecule has 2 aromatic rings. The van der Waals surface area contributed by atoms with Gasteiger partial charge in [0.05, 0.1) is 0 Å². The maximum absolute atomic E-state index is 12.2. The summed E-state index contributed by atoms with van der Waals surface area (Å²) in [4.78, 5) is 12.2. The Hall–Kier alpha value is -2.13. The molecule has 0 amide bonds. The maximum Gasteiger partial charge on any atom is 0.323 e. The quantitative estimate of drug-likeness (QED) is 0.880. The number of benzene rings is 2. The Morgan fingerprint density at radius 1 is 1.14 bits per heavy atom. The highest BCUT2D eigenvalue weighted by molar-refractivity contribution is 5.76. The summed E-state index contributed by atoms with van der Waals surface area (Å²) >= 11 is 0. The lowest BCUT2D eigenvalue weighted by Crippen LogP contribution is -2.32. The summed E-state index contributed by atoms with van der Waals surface area (Å²) in [5, 5.41) is 3.29. The normalized spacial score (nSPS) is 20.8. The number of hydrogen-bond donors (Lipinski definition) is 1. The van der Waals surface area contributed by atoms with E-state index in [-0.39, 0.29) is 12.0 Å². The van der Waals surface area contributed by atoms with Crippen LogP contribution in [0.5, 0.6) is 0 Å². The van der Waals surface area contributed by atoms with Gasteiger partial charge in [-0.25, -0.2) is 0 Å². The van der Waals surface area contributed by atoms with Gasteiger partial charge in [0.25, 0.3) is 0 Å². The summed E-state index contributed by atoms with van der Waals surface area (Å²) in [6, 6.07) is 18.0. The van der Waals surface area contributed by atoms with Crippen molar-refractivity contribution in [2.75, 3.05) is 6.54 Å². The molecule has 114 valence electrons. The number of rotatable bonds is 4. The van der Waals surface area contributed by atoms with Crippen LogP contribution in [0.25, 0.3) is 0 Å². The number of esters is 1. The predicted molar refractivity (Wildman–Crippen MR) is 86.6 cm³/mol. The SMILES string of the molecule is Cc1ccccc1C1CNC(C(=O)OCc2ccccc2)C1. The van der Waals surface area contributed by atoms with E-state index in [0.717, 1.165) is 18.5 Å². The second-order valence-corrected chi connectivity index (χ2v) is 5.84. The van der Waals surface area contributed by atoms with E-state index in [1.807, 2.05) is 36.4 Å². The van der Waals surface area contributed by atoms with Gasteiger partial charge in [-0.3, -0.25) is 4.79 Å². The Bertz CT molecular complexity index is 639. The lowest BCUT2D eigenvalue weighted by molar-refractivity contribution is -0.147. The van der Waals surface area contributed by atoms with Crippen LogP contribution in [0.1, 0.15) is 29.0 Å². The molecule has 1 aliphatic rings. The van der Waals surface area contributed by atoms with Crippen LogP contribution in [0.4, 0.5) is 0 Å². The maximum atomic E-state index is 12.2. The fourth-order valence-corrected chi connectivity index (χ4v) is 3.03. The van der Waals surface area contributed by atoms with E-state index in [0.29, 0.717) is 12.5 Å². The second-order valence-electron chi connectivity index (χ2n) is 5.84. The van der Waals surface area contributed by atoms with Gasteiger partial charge in [-0.1, -0.05) is 54.6 Å². The van der Waals surface area contributed by atoms with Gasteiger partial charge in [0.2, 0.25) is 0 Å². The Morgan fingerprint density at radius 2 is 1.86 bits per heavy atom. The molecule has 2 unspecified atom stereocenters. The molecule has 2 atom stereocenters. The minimum absolute atomic E-state index is 0.153. The van der Waals surface area contributed by atoms with Gasteiger partial charge < -0.3 is 10.1 Å². The summed E-state index contributed by atoms with van der Waals surface area (Å²) < 4.78 is 5.43. The number of hydrogen-bond acceptors (Lipinski definition) is 3. The zero-order chi connectivity index (χ0) is 15.4. The highest BCUT2D eigenvalue weighted by atomic mass is 16.5. The van der Waals surface area contributed by atoms with Crippen molar-refractivity contribution in [1.29, 1.82) is 0 Å². The molecule has 1 aliphatic heterocycles. The molecule has 0 aliphatic carbocycles.